The van der Waals surface area contributed by atoms with Crippen LogP contribution in [0.3, 0.4) is 0 Å². The highest BCUT2D eigenvalue weighted by Gasteiger charge is 2.14. The number of rotatable bonds is 4. The molecule has 0 unspecified atom stereocenters. The van der Waals surface area contributed by atoms with Crippen LogP contribution in [0.15, 0.2) is 86.2 Å². The molecule has 0 amide bonds. The van der Waals surface area contributed by atoms with Gasteiger partial charge in [-0.15, -0.1) is 0 Å². The van der Waals surface area contributed by atoms with Crippen LogP contribution < -0.4 is 0 Å². The third-order valence-corrected chi connectivity index (χ3v) is 3.85. The molecule has 1 heterocycles. The predicted octanol–water partition coefficient (Wildman–Crippen LogP) is 5.15. The van der Waals surface area contributed by atoms with Gasteiger partial charge in [0.05, 0.1) is 0 Å². The van der Waals surface area contributed by atoms with Crippen LogP contribution in [0.2, 0.25) is 0 Å². The second kappa shape index (κ2) is 5.90. The van der Waals surface area contributed by atoms with Crippen LogP contribution in [0.25, 0.3) is 11.1 Å². The van der Waals surface area contributed by atoms with Gasteiger partial charge in [-0.1, -0.05) is 73.8 Å². The zero-order chi connectivity index (χ0) is 15.5. The summed E-state index contributed by atoms with van der Waals surface area (Å²) in [6.45, 7) is 8.58. The molecule has 0 aliphatic rings. The minimum atomic E-state index is 1.02. The lowest BCUT2D eigenvalue weighted by Crippen LogP contribution is -1.91. The quantitative estimate of drug-likeness (QED) is 0.625. The van der Waals surface area contributed by atoms with E-state index in [-0.39, 0.29) is 0 Å². The first-order chi connectivity index (χ1) is 10.7. The van der Waals surface area contributed by atoms with Crippen LogP contribution >= 0.6 is 0 Å². The molecule has 108 valence electrons. The van der Waals surface area contributed by atoms with E-state index in [4.69, 9.17) is 0 Å². The summed E-state index contributed by atoms with van der Waals surface area (Å²) < 4.78 is 2.06. The third kappa shape index (κ3) is 2.66. The Kier molecular flexibility index (Phi) is 3.80. The van der Waals surface area contributed by atoms with Gasteiger partial charge in [0, 0.05) is 30.6 Å². The molecule has 1 aromatic heterocycles. The Labute approximate surface area is 131 Å². The van der Waals surface area contributed by atoms with Gasteiger partial charge in [-0.25, -0.2) is 0 Å². The van der Waals surface area contributed by atoms with Gasteiger partial charge < -0.3 is 4.57 Å². The molecule has 0 saturated carbocycles. The van der Waals surface area contributed by atoms with Gasteiger partial charge in [0.2, 0.25) is 0 Å². The molecule has 0 spiro atoms. The lowest BCUT2D eigenvalue weighted by molar-refractivity contribution is 0.926. The number of hydrogen-bond acceptors (Lipinski definition) is 0. The molecule has 0 radical (unpaired) electrons. The molecule has 1 nitrogen and oxygen atoms in total. The first-order valence-corrected chi connectivity index (χ1v) is 7.32. The predicted molar refractivity (Wildman–Crippen MR) is 94.6 cm³/mol. The zero-order valence-corrected chi connectivity index (χ0v) is 12.8. The average molecular weight is 285 g/mol. The number of aromatic nitrogens is 1. The summed E-state index contributed by atoms with van der Waals surface area (Å²) >= 11 is 0. The van der Waals surface area contributed by atoms with Gasteiger partial charge in [-0.05, 0) is 22.3 Å². The molecule has 0 aliphatic carbocycles. The minimum Gasteiger partial charge on any atom is -0.356 e. The Morgan fingerprint density at radius 1 is 0.682 bits per heavy atom. The van der Waals surface area contributed by atoms with Crippen molar-refractivity contribution in [1.29, 1.82) is 0 Å². The van der Waals surface area contributed by atoms with Crippen molar-refractivity contribution in [3.63, 3.8) is 0 Å². The Bertz CT molecular complexity index is 739. The second-order valence-corrected chi connectivity index (χ2v) is 5.44. The molecule has 0 fully saturated rings. The van der Waals surface area contributed by atoms with E-state index in [0.29, 0.717) is 0 Å². The van der Waals surface area contributed by atoms with Crippen molar-refractivity contribution in [3.8, 4) is 0 Å². The molecular weight excluding hydrogens is 266 g/mol. The van der Waals surface area contributed by atoms with E-state index in [1.165, 1.54) is 0 Å². The SMILES string of the molecule is C=C(c1ccccc1)c1cn(C)cc1C(=C)c1ccccc1. The highest BCUT2D eigenvalue weighted by Crippen LogP contribution is 2.32. The largest absolute Gasteiger partial charge is 0.356 e. The first kappa shape index (κ1) is 14.2. The molecule has 0 bridgehead atoms. The Hall–Kier alpha value is -2.80. The van der Waals surface area contributed by atoms with E-state index in [1.807, 2.05) is 43.4 Å². The summed E-state index contributed by atoms with van der Waals surface area (Å²) in [5.74, 6) is 0. The molecule has 0 N–H and O–H groups in total. The molecule has 3 rings (SSSR count). The molecule has 0 atom stereocenters. The van der Waals surface area contributed by atoms with Crippen LogP contribution in [0.5, 0.6) is 0 Å². The van der Waals surface area contributed by atoms with Crippen molar-refractivity contribution in [3.05, 3.63) is 108 Å². The smallest absolute Gasteiger partial charge is 0.0117 e. The summed E-state index contributed by atoms with van der Waals surface area (Å²) in [4.78, 5) is 0. The van der Waals surface area contributed by atoms with Gasteiger partial charge >= 0.3 is 0 Å². The standard InChI is InChI=1S/C21H19N/c1-16(18-10-6-4-7-11-18)20-14-22(3)15-21(20)17(2)19-12-8-5-9-13-19/h4-15H,1-2H2,3H3. The fourth-order valence-corrected chi connectivity index (χ4v) is 2.65. The maximum atomic E-state index is 4.29. The van der Waals surface area contributed by atoms with Crippen molar-refractivity contribution < 1.29 is 0 Å². The highest BCUT2D eigenvalue weighted by atomic mass is 14.9. The molecule has 1 heteroatoms. The molecule has 22 heavy (non-hydrogen) atoms. The minimum absolute atomic E-state index is 1.02. The number of aryl methyl sites for hydroxylation is 1. The average Bonchev–Trinajstić information content (AvgIpc) is 2.97. The zero-order valence-electron chi connectivity index (χ0n) is 12.8. The fraction of sp³-hybridized carbons (Fsp3) is 0.0476. The van der Waals surface area contributed by atoms with Crippen LogP contribution in [0, 0.1) is 0 Å². The number of nitrogens with zero attached hydrogens (tertiary/aromatic N) is 1. The Balaban J connectivity index is 2.04. The maximum Gasteiger partial charge on any atom is 0.0117 e. The van der Waals surface area contributed by atoms with E-state index in [1.54, 1.807) is 0 Å². The third-order valence-electron chi connectivity index (χ3n) is 3.85. The van der Waals surface area contributed by atoms with Crippen molar-refractivity contribution in [2.24, 2.45) is 7.05 Å². The van der Waals surface area contributed by atoms with Crippen molar-refractivity contribution >= 4 is 11.1 Å². The monoisotopic (exact) mass is 285 g/mol. The van der Waals surface area contributed by atoms with E-state index in [0.717, 1.165) is 33.4 Å². The Morgan fingerprint density at radius 2 is 1.05 bits per heavy atom. The van der Waals surface area contributed by atoms with Gasteiger partial charge in [0.25, 0.3) is 0 Å². The number of benzene rings is 2. The summed E-state index contributed by atoms with van der Waals surface area (Å²) in [6.07, 6.45) is 4.22. The Morgan fingerprint density at radius 3 is 1.41 bits per heavy atom. The normalized spacial score (nSPS) is 10.4. The lowest BCUT2D eigenvalue weighted by Gasteiger charge is -2.10. The first-order valence-electron chi connectivity index (χ1n) is 7.32. The van der Waals surface area contributed by atoms with Crippen molar-refractivity contribution in [1.82, 2.24) is 4.57 Å². The van der Waals surface area contributed by atoms with E-state index in [9.17, 15) is 0 Å². The molecule has 3 aromatic rings. The summed E-state index contributed by atoms with van der Waals surface area (Å²) in [7, 11) is 2.03. The van der Waals surface area contributed by atoms with E-state index < -0.39 is 0 Å². The molecule has 2 aromatic carbocycles. The van der Waals surface area contributed by atoms with Crippen LogP contribution in [0.4, 0.5) is 0 Å². The van der Waals surface area contributed by atoms with Crippen LogP contribution in [-0.4, -0.2) is 4.57 Å². The topological polar surface area (TPSA) is 4.93 Å². The number of hydrogen-bond donors (Lipinski definition) is 0. The summed E-state index contributed by atoms with van der Waals surface area (Å²) in [5, 5.41) is 0. The summed E-state index contributed by atoms with van der Waals surface area (Å²) in [6, 6.07) is 20.5. The van der Waals surface area contributed by atoms with Gasteiger partial charge in [-0.2, -0.15) is 0 Å². The van der Waals surface area contributed by atoms with Crippen molar-refractivity contribution in [2.75, 3.05) is 0 Å². The van der Waals surface area contributed by atoms with Crippen LogP contribution in [0.1, 0.15) is 22.3 Å². The highest BCUT2D eigenvalue weighted by molar-refractivity contribution is 5.89. The summed E-state index contributed by atoms with van der Waals surface area (Å²) in [5.41, 5.74) is 6.57. The van der Waals surface area contributed by atoms with Gasteiger partial charge in [-0.3, -0.25) is 0 Å². The fourth-order valence-electron chi connectivity index (χ4n) is 2.65. The van der Waals surface area contributed by atoms with Crippen LogP contribution in [-0.2, 0) is 7.05 Å². The second-order valence-electron chi connectivity index (χ2n) is 5.44. The maximum absolute atomic E-state index is 4.29. The lowest BCUT2D eigenvalue weighted by atomic mass is 9.93. The van der Waals surface area contributed by atoms with E-state index in [2.05, 4.69) is 54.4 Å². The van der Waals surface area contributed by atoms with E-state index >= 15 is 0 Å². The van der Waals surface area contributed by atoms with Crippen molar-refractivity contribution in [2.45, 2.75) is 0 Å². The molecule has 0 aliphatic heterocycles. The molecular formula is C21H19N. The molecule has 0 saturated heterocycles. The van der Waals surface area contributed by atoms with Gasteiger partial charge in [0.15, 0.2) is 0 Å². The van der Waals surface area contributed by atoms with Gasteiger partial charge in [0.1, 0.15) is 0 Å².